The molecule has 0 heterocycles. The number of benzene rings is 2. The lowest BCUT2D eigenvalue weighted by Crippen LogP contribution is -2.18. The van der Waals surface area contributed by atoms with Gasteiger partial charge < -0.3 is 14.8 Å². The minimum absolute atomic E-state index is 0.0606. The summed E-state index contributed by atoms with van der Waals surface area (Å²) in [5.41, 5.74) is 1.98. The van der Waals surface area contributed by atoms with Crippen LogP contribution >= 0.6 is 23.2 Å². The van der Waals surface area contributed by atoms with Crippen LogP contribution < -0.4 is 14.8 Å². The van der Waals surface area contributed by atoms with Gasteiger partial charge in [-0.3, -0.25) is 0 Å². The smallest absolute Gasteiger partial charge is 0.162 e. The summed E-state index contributed by atoms with van der Waals surface area (Å²) in [6.45, 7) is 0. The molecule has 3 nitrogen and oxygen atoms in total. The molecular formula is C16H17Cl2NO2. The lowest BCUT2D eigenvalue weighted by molar-refractivity contribution is 0.354. The fourth-order valence-electron chi connectivity index (χ4n) is 2.25. The Morgan fingerprint density at radius 2 is 1.52 bits per heavy atom. The minimum atomic E-state index is -0.0606. The van der Waals surface area contributed by atoms with Crippen LogP contribution in [0.2, 0.25) is 10.0 Å². The molecule has 112 valence electrons. The molecule has 5 heteroatoms. The summed E-state index contributed by atoms with van der Waals surface area (Å²) < 4.78 is 10.6. The summed E-state index contributed by atoms with van der Waals surface area (Å²) in [6, 6.07) is 11.2. The van der Waals surface area contributed by atoms with Crippen molar-refractivity contribution in [1.82, 2.24) is 5.32 Å². The molecule has 0 amide bonds. The minimum Gasteiger partial charge on any atom is -0.493 e. The molecule has 2 rings (SSSR count). The van der Waals surface area contributed by atoms with E-state index in [0.29, 0.717) is 21.5 Å². The topological polar surface area (TPSA) is 30.5 Å². The number of hydrogen-bond acceptors (Lipinski definition) is 3. The molecule has 0 spiro atoms. The van der Waals surface area contributed by atoms with Gasteiger partial charge in [0.2, 0.25) is 0 Å². The van der Waals surface area contributed by atoms with Gasteiger partial charge in [0.25, 0.3) is 0 Å². The van der Waals surface area contributed by atoms with Crippen LogP contribution in [0, 0.1) is 0 Å². The summed E-state index contributed by atoms with van der Waals surface area (Å²) in [7, 11) is 5.07. The van der Waals surface area contributed by atoms with Crippen molar-refractivity contribution in [3.8, 4) is 11.5 Å². The van der Waals surface area contributed by atoms with E-state index >= 15 is 0 Å². The molecule has 0 saturated heterocycles. The SMILES string of the molecule is CNC(c1ccc(Cl)cc1)c1cc(OC)c(OC)cc1Cl. The highest BCUT2D eigenvalue weighted by atomic mass is 35.5. The molecule has 2 aromatic carbocycles. The van der Waals surface area contributed by atoms with E-state index in [0.717, 1.165) is 11.1 Å². The Morgan fingerprint density at radius 1 is 0.952 bits per heavy atom. The van der Waals surface area contributed by atoms with Gasteiger partial charge in [0.1, 0.15) is 0 Å². The second-order valence-corrected chi connectivity index (χ2v) is 5.35. The van der Waals surface area contributed by atoms with E-state index in [9.17, 15) is 0 Å². The third kappa shape index (κ3) is 3.43. The highest BCUT2D eigenvalue weighted by Crippen LogP contribution is 2.37. The maximum Gasteiger partial charge on any atom is 0.162 e. The average molecular weight is 326 g/mol. The Kier molecular flexibility index (Phi) is 5.34. The van der Waals surface area contributed by atoms with E-state index in [2.05, 4.69) is 5.32 Å². The van der Waals surface area contributed by atoms with Crippen molar-refractivity contribution in [3.05, 3.63) is 57.6 Å². The van der Waals surface area contributed by atoms with E-state index < -0.39 is 0 Å². The molecule has 0 aromatic heterocycles. The second-order valence-electron chi connectivity index (χ2n) is 4.50. The van der Waals surface area contributed by atoms with Crippen LogP contribution in [0.4, 0.5) is 0 Å². The van der Waals surface area contributed by atoms with Crippen LogP contribution in [0.3, 0.4) is 0 Å². The van der Waals surface area contributed by atoms with Gasteiger partial charge in [0.15, 0.2) is 11.5 Å². The van der Waals surface area contributed by atoms with Gasteiger partial charge in [-0.15, -0.1) is 0 Å². The first-order chi connectivity index (χ1) is 10.1. The Balaban J connectivity index is 2.49. The first kappa shape index (κ1) is 16.0. The van der Waals surface area contributed by atoms with Crippen molar-refractivity contribution < 1.29 is 9.47 Å². The van der Waals surface area contributed by atoms with Crippen LogP contribution in [0.5, 0.6) is 11.5 Å². The Labute approximate surface area is 134 Å². The zero-order valence-corrected chi connectivity index (χ0v) is 13.6. The molecule has 2 aromatic rings. The van der Waals surface area contributed by atoms with Crippen LogP contribution in [-0.2, 0) is 0 Å². The zero-order chi connectivity index (χ0) is 15.4. The van der Waals surface area contributed by atoms with E-state index in [4.69, 9.17) is 32.7 Å². The van der Waals surface area contributed by atoms with Crippen molar-refractivity contribution in [2.75, 3.05) is 21.3 Å². The Hall–Kier alpha value is -1.42. The molecule has 0 radical (unpaired) electrons. The van der Waals surface area contributed by atoms with E-state index in [1.54, 1.807) is 20.3 Å². The maximum atomic E-state index is 6.39. The first-order valence-corrected chi connectivity index (χ1v) is 7.20. The zero-order valence-electron chi connectivity index (χ0n) is 12.1. The van der Waals surface area contributed by atoms with Crippen LogP contribution in [0.15, 0.2) is 36.4 Å². The molecule has 0 aliphatic rings. The lowest BCUT2D eigenvalue weighted by atomic mass is 9.98. The molecule has 0 fully saturated rings. The van der Waals surface area contributed by atoms with Gasteiger partial charge in [-0.05, 0) is 36.4 Å². The van der Waals surface area contributed by atoms with Crippen molar-refractivity contribution >= 4 is 23.2 Å². The molecule has 21 heavy (non-hydrogen) atoms. The Morgan fingerprint density at radius 3 is 2.05 bits per heavy atom. The normalized spacial score (nSPS) is 12.0. The van der Waals surface area contributed by atoms with Crippen molar-refractivity contribution in [1.29, 1.82) is 0 Å². The van der Waals surface area contributed by atoms with E-state index in [1.807, 2.05) is 37.4 Å². The standard InChI is InChI=1S/C16H17Cl2NO2/c1-19-16(10-4-6-11(17)7-5-10)12-8-14(20-2)15(21-3)9-13(12)18/h4-9,16,19H,1-3H3. The van der Waals surface area contributed by atoms with Gasteiger partial charge >= 0.3 is 0 Å². The number of rotatable bonds is 5. The predicted molar refractivity (Wildman–Crippen MR) is 86.9 cm³/mol. The molecule has 0 aliphatic heterocycles. The summed E-state index contributed by atoms with van der Waals surface area (Å²) >= 11 is 12.3. The van der Waals surface area contributed by atoms with Gasteiger partial charge in [0.05, 0.1) is 20.3 Å². The molecular weight excluding hydrogens is 309 g/mol. The average Bonchev–Trinajstić information content (AvgIpc) is 2.50. The molecule has 1 N–H and O–H groups in total. The van der Waals surface area contributed by atoms with Gasteiger partial charge in [0, 0.05) is 16.1 Å². The molecule has 1 atom stereocenters. The summed E-state index contributed by atoms with van der Waals surface area (Å²) in [5.74, 6) is 1.25. The highest BCUT2D eigenvalue weighted by molar-refractivity contribution is 6.31. The van der Waals surface area contributed by atoms with Crippen LogP contribution in [-0.4, -0.2) is 21.3 Å². The first-order valence-electron chi connectivity index (χ1n) is 6.44. The van der Waals surface area contributed by atoms with E-state index in [-0.39, 0.29) is 6.04 Å². The Bertz CT molecular complexity index is 614. The highest BCUT2D eigenvalue weighted by Gasteiger charge is 2.18. The summed E-state index contributed by atoms with van der Waals surface area (Å²) in [5, 5.41) is 4.57. The van der Waals surface area contributed by atoms with Crippen molar-refractivity contribution in [3.63, 3.8) is 0 Å². The molecule has 0 bridgehead atoms. The second kappa shape index (κ2) is 7.03. The quantitative estimate of drug-likeness (QED) is 0.888. The van der Waals surface area contributed by atoms with Crippen molar-refractivity contribution in [2.24, 2.45) is 0 Å². The van der Waals surface area contributed by atoms with Gasteiger partial charge in [-0.2, -0.15) is 0 Å². The van der Waals surface area contributed by atoms with Gasteiger partial charge in [-0.25, -0.2) is 0 Å². The summed E-state index contributed by atoms with van der Waals surface area (Å²) in [6.07, 6.45) is 0. The molecule has 0 aliphatic carbocycles. The maximum absolute atomic E-state index is 6.39. The number of nitrogens with one attached hydrogen (secondary N) is 1. The number of halogens is 2. The summed E-state index contributed by atoms with van der Waals surface area (Å²) in [4.78, 5) is 0. The lowest BCUT2D eigenvalue weighted by Gasteiger charge is -2.20. The largest absolute Gasteiger partial charge is 0.493 e. The van der Waals surface area contributed by atoms with Crippen LogP contribution in [0.25, 0.3) is 0 Å². The van der Waals surface area contributed by atoms with E-state index in [1.165, 1.54) is 0 Å². The molecule has 1 unspecified atom stereocenters. The number of hydrogen-bond donors (Lipinski definition) is 1. The van der Waals surface area contributed by atoms with Crippen LogP contribution in [0.1, 0.15) is 17.2 Å². The fraction of sp³-hybridized carbons (Fsp3) is 0.250. The monoisotopic (exact) mass is 325 g/mol. The van der Waals surface area contributed by atoms with Gasteiger partial charge in [-0.1, -0.05) is 35.3 Å². The third-order valence-corrected chi connectivity index (χ3v) is 3.89. The predicted octanol–water partition coefficient (Wildman–Crippen LogP) is 4.32. The number of methoxy groups -OCH3 is 2. The fourth-order valence-corrected chi connectivity index (χ4v) is 2.64. The molecule has 0 saturated carbocycles. The van der Waals surface area contributed by atoms with Crippen molar-refractivity contribution in [2.45, 2.75) is 6.04 Å². The number of ether oxygens (including phenoxy) is 2. The third-order valence-electron chi connectivity index (χ3n) is 3.31.